The average Bonchev–Trinajstić information content (AvgIpc) is 1.69. The standard InChI is InChI=1S/C4H3B2O/c5-4-3-7-2-1-6-4/h1-3H. The number of ether oxygens (including phenoxy) is 1. The van der Waals surface area contributed by atoms with Gasteiger partial charge in [0, 0.05) is 0 Å². The minimum absolute atomic E-state index is 0.655. The van der Waals surface area contributed by atoms with Crippen molar-refractivity contribution in [3.63, 3.8) is 0 Å². The molecule has 0 bridgehead atoms. The van der Waals surface area contributed by atoms with Gasteiger partial charge in [-0.15, -0.1) is 5.37 Å². The molecule has 0 aromatic rings. The maximum atomic E-state index is 5.26. The lowest BCUT2D eigenvalue weighted by Gasteiger charge is -1.99. The first-order valence-electron chi connectivity index (χ1n) is 2.00. The van der Waals surface area contributed by atoms with Crippen molar-refractivity contribution >= 4 is 15.1 Å². The first-order valence-corrected chi connectivity index (χ1v) is 2.00. The van der Waals surface area contributed by atoms with Gasteiger partial charge in [-0.3, -0.25) is 0 Å². The summed E-state index contributed by atoms with van der Waals surface area (Å²) in [6.45, 7) is 0. The van der Waals surface area contributed by atoms with Crippen LogP contribution >= 0.6 is 0 Å². The van der Waals surface area contributed by atoms with E-state index in [1.807, 2.05) is 0 Å². The Bertz CT molecular complexity index is 117. The zero-order valence-corrected chi connectivity index (χ0v) is 3.79. The van der Waals surface area contributed by atoms with Crippen LogP contribution in [-0.4, -0.2) is 15.1 Å². The monoisotopic (exact) mass is 89.0 g/mol. The SMILES string of the molecule is [B]C1=COC=C[B]1. The van der Waals surface area contributed by atoms with E-state index in [9.17, 15) is 0 Å². The molecular formula is C4H3B2O. The van der Waals surface area contributed by atoms with Crippen LogP contribution in [0.1, 0.15) is 0 Å². The third-order valence-corrected chi connectivity index (χ3v) is 0.650. The zero-order valence-electron chi connectivity index (χ0n) is 3.79. The largest absolute Gasteiger partial charge is 0.476 e. The molecule has 0 atom stereocenters. The second kappa shape index (κ2) is 1.92. The van der Waals surface area contributed by atoms with Gasteiger partial charge in [-0.05, 0) is 0 Å². The van der Waals surface area contributed by atoms with Crippen molar-refractivity contribution in [2.24, 2.45) is 0 Å². The fourth-order valence-electron chi connectivity index (χ4n) is 0.353. The lowest BCUT2D eigenvalue weighted by atomic mass is 9.61. The molecule has 1 heterocycles. The van der Waals surface area contributed by atoms with Gasteiger partial charge in [-0.2, -0.15) is 0 Å². The molecule has 1 nitrogen and oxygen atoms in total. The minimum atomic E-state index is 0.655. The topological polar surface area (TPSA) is 9.23 Å². The molecule has 31 valence electrons. The van der Waals surface area contributed by atoms with Gasteiger partial charge < -0.3 is 4.74 Å². The molecule has 0 aromatic carbocycles. The van der Waals surface area contributed by atoms with E-state index >= 15 is 0 Å². The van der Waals surface area contributed by atoms with E-state index in [1.54, 1.807) is 19.5 Å². The Morgan fingerprint density at radius 3 is 2.86 bits per heavy atom. The summed E-state index contributed by atoms with van der Waals surface area (Å²) in [4.78, 5) is 0. The molecule has 0 aliphatic carbocycles. The van der Waals surface area contributed by atoms with Crippen molar-refractivity contribution in [1.29, 1.82) is 0 Å². The van der Waals surface area contributed by atoms with Crippen LogP contribution in [0.5, 0.6) is 0 Å². The van der Waals surface area contributed by atoms with Crippen LogP contribution in [0.3, 0.4) is 0 Å². The number of hydrogen-bond donors (Lipinski definition) is 0. The van der Waals surface area contributed by atoms with Crippen LogP contribution < -0.4 is 0 Å². The molecule has 3 heteroatoms. The molecule has 0 N–H and O–H groups in total. The summed E-state index contributed by atoms with van der Waals surface area (Å²) >= 11 is 0. The molecule has 0 saturated heterocycles. The van der Waals surface area contributed by atoms with Crippen molar-refractivity contribution in [1.82, 2.24) is 0 Å². The fraction of sp³-hybridized carbons (Fsp3) is 0. The Kier molecular flexibility index (Phi) is 1.25. The van der Waals surface area contributed by atoms with E-state index < -0.39 is 0 Å². The molecular weight excluding hydrogens is 85.7 g/mol. The van der Waals surface area contributed by atoms with Gasteiger partial charge >= 0.3 is 0 Å². The predicted molar refractivity (Wildman–Crippen MR) is 29.8 cm³/mol. The Hall–Kier alpha value is -0.590. The van der Waals surface area contributed by atoms with Crippen LogP contribution in [0, 0.1) is 0 Å². The molecule has 0 saturated carbocycles. The van der Waals surface area contributed by atoms with E-state index in [0.717, 1.165) is 0 Å². The lowest BCUT2D eigenvalue weighted by molar-refractivity contribution is 0.401. The van der Waals surface area contributed by atoms with Crippen LogP contribution in [0.15, 0.2) is 23.9 Å². The van der Waals surface area contributed by atoms with Gasteiger partial charge in [0.15, 0.2) is 7.28 Å². The van der Waals surface area contributed by atoms with Gasteiger partial charge in [-0.25, -0.2) is 0 Å². The molecule has 0 unspecified atom stereocenters. The number of hydrogen-bond acceptors (Lipinski definition) is 1. The van der Waals surface area contributed by atoms with Crippen molar-refractivity contribution in [3.05, 3.63) is 23.9 Å². The molecule has 1 aliphatic heterocycles. The molecule has 0 fully saturated rings. The van der Waals surface area contributed by atoms with E-state index in [-0.39, 0.29) is 0 Å². The van der Waals surface area contributed by atoms with Crippen molar-refractivity contribution in [2.45, 2.75) is 0 Å². The normalized spacial score (nSPS) is 16.9. The summed E-state index contributed by atoms with van der Waals surface area (Å²) in [7, 11) is 7.03. The second-order valence-corrected chi connectivity index (χ2v) is 1.25. The van der Waals surface area contributed by atoms with Crippen LogP contribution in [0.2, 0.25) is 0 Å². The summed E-state index contributed by atoms with van der Waals surface area (Å²) in [5.74, 6) is 1.75. The minimum Gasteiger partial charge on any atom is -0.476 e. The summed E-state index contributed by atoms with van der Waals surface area (Å²) in [5.41, 5.74) is 0. The highest BCUT2D eigenvalue weighted by atomic mass is 16.5. The van der Waals surface area contributed by atoms with Gasteiger partial charge in [0.05, 0.1) is 20.4 Å². The van der Waals surface area contributed by atoms with Gasteiger partial charge in [0.1, 0.15) is 0 Å². The summed E-state index contributed by atoms with van der Waals surface area (Å²) in [6, 6.07) is 0. The maximum absolute atomic E-state index is 5.26. The summed E-state index contributed by atoms with van der Waals surface area (Å²) in [5, 5.41) is 0.655. The zero-order chi connectivity index (χ0) is 5.11. The molecule has 0 spiro atoms. The van der Waals surface area contributed by atoms with E-state index in [2.05, 4.69) is 4.74 Å². The average molecular weight is 88.7 g/mol. The predicted octanol–water partition coefficient (Wildman–Crippen LogP) is 0.159. The Morgan fingerprint density at radius 2 is 2.57 bits per heavy atom. The summed E-state index contributed by atoms with van der Waals surface area (Å²) in [6.07, 6.45) is 3.05. The van der Waals surface area contributed by atoms with Crippen molar-refractivity contribution < 1.29 is 4.74 Å². The first-order chi connectivity index (χ1) is 3.39. The smallest absolute Gasteiger partial charge is 0.170 e. The summed E-state index contributed by atoms with van der Waals surface area (Å²) < 4.78 is 4.68. The third-order valence-electron chi connectivity index (χ3n) is 0.650. The highest BCUT2D eigenvalue weighted by molar-refractivity contribution is 6.64. The third kappa shape index (κ3) is 1.15. The van der Waals surface area contributed by atoms with E-state index in [4.69, 9.17) is 7.85 Å². The molecule has 1 aliphatic rings. The quantitative estimate of drug-likeness (QED) is 0.384. The molecule has 0 aromatic heterocycles. The number of rotatable bonds is 0. The molecule has 7 heavy (non-hydrogen) atoms. The maximum Gasteiger partial charge on any atom is 0.170 e. The fourth-order valence-corrected chi connectivity index (χ4v) is 0.353. The Morgan fingerprint density at radius 1 is 1.71 bits per heavy atom. The highest BCUT2D eigenvalue weighted by Crippen LogP contribution is 1.93. The van der Waals surface area contributed by atoms with Crippen LogP contribution in [0.4, 0.5) is 0 Å². The lowest BCUT2D eigenvalue weighted by Crippen LogP contribution is -1.96. The van der Waals surface area contributed by atoms with Crippen molar-refractivity contribution in [2.75, 3.05) is 0 Å². The second-order valence-electron chi connectivity index (χ2n) is 1.25. The Labute approximate surface area is 44.7 Å². The van der Waals surface area contributed by atoms with Crippen LogP contribution in [0.25, 0.3) is 0 Å². The van der Waals surface area contributed by atoms with Gasteiger partial charge in [-0.1, -0.05) is 5.98 Å². The Balaban J connectivity index is 2.50. The highest BCUT2D eigenvalue weighted by Gasteiger charge is 1.90. The van der Waals surface area contributed by atoms with Gasteiger partial charge in [0.25, 0.3) is 0 Å². The van der Waals surface area contributed by atoms with E-state index in [1.165, 1.54) is 6.26 Å². The van der Waals surface area contributed by atoms with Crippen molar-refractivity contribution in [3.8, 4) is 0 Å². The van der Waals surface area contributed by atoms with E-state index in [0.29, 0.717) is 5.37 Å². The first kappa shape index (κ1) is 4.57. The van der Waals surface area contributed by atoms with Gasteiger partial charge in [0.2, 0.25) is 0 Å². The molecule has 0 amide bonds. The van der Waals surface area contributed by atoms with Crippen LogP contribution in [-0.2, 0) is 4.74 Å². The molecule has 3 radical (unpaired) electrons. The molecule has 1 rings (SSSR count).